The van der Waals surface area contributed by atoms with E-state index in [0.717, 1.165) is 4.57 Å². The summed E-state index contributed by atoms with van der Waals surface area (Å²) in [5.74, 6) is 0.197. The Morgan fingerprint density at radius 1 is 1.60 bits per heavy atom. The van der Waals surface area contributed by atoms with Gasteiger partial charge in [0, 0.05) is 11.6 Å². The van der Waals surface area contributed by atoms with Crippen LogP contribution in [0.3, 0.4) is 0 Å². The van der Waals surface area contributed by atoms with E-state index in [4.69, 9.17) is 14.0 Å². The minimum absolute atomic E-state index is 0.197. The zero-order valence-electron chi connectivity index (χ0n) is 11.0. The number of ether oxygens (including phenoxy) is 1. The summed E-state index contributed by atoms with van der Waals surface area (Å²) in [5.41, 5.74) is 1.17. The lowest BCUT2D eigenvalue weighted by Crippen LogP contribution is -2.06. The second kappa shape index (κ2) is 3.31. The highest BCUT2D eigenvalue weighted by Gasteiger charge is 2.10. The second-order valence-electron chi connectivity index (χ2n) is 3.25. The molecule has 0 spiro atoms. The van der Waals surface area contributed by atoms with Crippen LogP contribution in [-0.2, 0) is 0 Å². The van der Waals surface area contributed by atoms with Gasteiger partial charge in [0.1, 0.15) is 5.75 Å². The van der Waals surface area contributed by atoms with Gasteiger partial charge < -0.3 is 9.84 Å². The summed E-state index contributed by atoms with van der Waals surface area (Å²) in [6.45, 7) is 1.70. The molecule has 0 aliphatic carbocycles. The van der Waals surface area contributed by atoms with E-state index in [2.05, 4.69) is 0 Å². The van der Waals surface area contributed by atoms with E-state index in [1.165, 1.54) is 18.3 Å². The first-order valence-electron chi connectivity index (χ1n) is 5.82. The third kappa shape index (κ3) is 1.44. The predicted molar refractivity (Wildman–Crippen MR) is 56.6 cm³/mol. The monoisotopic (exact) mass is 208 g/mol. The van der Waals surface area contributed by atoms with Crippen molar-refractivity contribution in [2.24, 2.45) is 0 Å². The summed E-state index contributed by atoms with van der Waals surface area (Å²) in [6, 6.07) is 4.62. The average molecular weight is 208 g/mol. The molecule has 1 N–H and O–H groups in total. The van der Waals surface area contributed by atoms with Crippen molar-refractivity contribution in [2.45, 2.75) is 6.92 Å². The lowest BCUT2D eigenvalue weighted by Gasteiger charge is -2.05. The van der Waals surface area contributed by atoms with Gasteiger partial charge in [-0.25, -0.2) is 4.79 Å². The van der Waals surface area contributed by atoms with E-state index in [1.807, 2.05) is 0 Å². The van der Waals surface area contributed by atoms with Crippen molar-refractivity contribution in [3.05, 3.63) is 30.0 Å². The number of carbonyl (C=O) groups is 1. The van der Waals surface area contributed by atoms with Gasteiger partial charge in [-0.3, -0.25) is 4.57 Å². The van der Waals surface area contributed by atoms with Gasteiger partial charge in [0.05, 0.1) is 16.7 Å². The molecule has 4 heteroatoms. The maximum atomic E-state index is 11.0. The van der Waals surface area contributed by atoms with Crippen LogP contribution in [0.1, 0.15) is 9.68 Å². The van der Waals surface area contributed by atoms with Gasteiger partial charge >= 0.3 is 6.09 Å². The number of nitrogens with zero attached hydrogens (tertiary/aromatic N) is 1. The molecule has 0 bridgehead atoms. The predicted octanol–water partition coefficient (Wildman–Crippen LogP) is 2.48. The number of fused-ring (bicyclic) bond motifs is 1. The van der Waals surface area contributed by atoms with Crippen molar-refractivity contribution >= 4 is 17.0 Å². The Kier molecular flexibility index (Phi) is 1.43. The van der Waals surface area contributed by atoms with Crippen molar-refractivity contribution in [1.82, 2.24) is 4.57 Å². The molecule has 0 saturated carbocycles. The molecule has 1 heterocycles. The SMILES string of the molecule is [2H]C([2H])([2H])Oc1cc(C)c2c(ccn2C(=O)O)c1. The highest BCUT2D eigenvalue weighted by molar-refractivity contribution is 5.91. The molecule has 0 aliphatic heterocycles. The lowest BCUT2D eigenvalue weighted by atomic mass is 10.1. The van der Waals surface area contributed by atoms with Crippen molar-refractivity contribution < 1.29 is 18.8 Å². The zero-order chi connectivity index (χ0) is 13.5. The average Bonchev–Trinajstić information content (AvgIpc) is 2.58. The largest absolute Gasteiger partial charge is 0.497 e. The summed E-state index contributed by atoms with van der Waals surface area (Å²) in [6.07, 6.45) is 0.330. The Bertz CT molecular complexity index is 616. The van der Waals surface area contributed by atoms with Crippen LogP contribution < -0.4 is 4.74 Å². The second-order valence-corrected chi connectivity index (χ2v) is 3.25. The summed E-state index contributed by atoms with van der Waals surface area (Å²) in [7, 11) is -2.52. The van der Waals surface area contributed by atoms with Gasteiger partial charge in [0.15, 0.2) is 0 Å². The number of rotatable bonds is 1. The Labute approximate surface area is 90.9 Å². The molecule has 0 fully saturated rings. The van der Waals surface area contributed by atoms with Gasteiger partial charge in [-0.2, -0.15) is 0 Å². The highest BCUT2D eigenvalue weighted by atomic mass is 16.5. The highest BCUT2D eigenvalue weighted by Crippen LogP contribution is 2.25. The van der Waals surface area contributed by atoms with Crippen LogP contribution in [-0.4, -0.2) is 22.8 Å². The number of aromatic nitrogens is 1. The third-order valence-electron chi connectivity index (χ3n) is 2.27. The maximum absolute atomic E-state index is 11.0. The third-order valence-corrected chi connectivity index (χ3v) is 2.27. The van der Waals surface area contributed by atoms with Gasteiger partial charge in [0.25, 0.3) is 0 Å². The summed E-state index contributed by atoms with van der Waals surface area (Å²) in [5, 5.41) is 9.62. The van der Waals surface area contributed by atoms with Crippen molar-refractivity contribution in [2.75, 3.05) is 7.04 Å². The first kappa shape index (κ1) is 6.50. The Balaban J connectivity index is 2.55. The Hall–Kier alpha value is -1.97. The van der Waals surface area contributed by atoms with Gasteiger partial charge in [-0.1, -0.05) is 0 Å². The molecular formula is C11H11NO3. The molecule has 78 valence electrons. The van der Waals surface area contributed by atoms with E-state index in [0.29, 0.717) is 16.5 Å². The van der Waals surface area contributed by atoms with Crippen LogP contribution >= 0.6 is 0 Å². The van der Waals surface area contributed by atoms with E-state index in [1.54, 1.807) is 13.0 Å². The van der Waals surface area contributed by atoms with Gasteiger partial charge in [0.2, 0.25) is 0 Å². The topological polar surface area (TPSA) is 51.5 Å². The molecule has 0 unspecified atom stereocenters. The minimum Gasteiger partial charge on any atom is -0.497 e. The number of hydrogen-bond acceptors (Lipinski definition) is 2. The number of carboxylic acid groups (broad SMARTS) is 1. The fourth-order valence-corrected chi connectivity index (χ4v) is 1.68. The van der Waals surface area contributed by atoms with Crippen molar-refractivity contribution in [3.63, 3.8) is 0 Å². The molecular weight excluding hydrogens is 194 g/mol. The summed E-state index contributed by atoms with van der Waals surface area (Å²) >= 11 is 0. The number of aryl methyl sites for hydroxylation is 1. The molecule has 0 radical (unpaired) electrons. The van der Waals surface area contributed by atoms with Crippen LogP contribution in [0.4, 0.5) is 4.79 Å². The standard InChI is InChI=1S/C11H11NO3/c1-7-5-9(15-2)6-8-3-4-12(10(7)8)11(13)14/h3-6H,1-2H3,(H,13,14)/i2D3. The summed E-state index contributed by atoms with van der Waals surface area (Å²) in [4.78, 5) is 11.0. The molecule has 1 aromatic heterocycles. The van der Waals surface area contributed by atoms with E-state index < -0.39 is 13.1 Å². The molecule has 1 aromatic carbocycles. The lowest BCUT2D eigenvalue weighted by molar-refractivity contribution is 0.197. The first-order valence-corrected chi connectivity index (χ1v) is 4.32. The molecule has 0 amide bonds. The van der Waals surface area contributed by atoms with E-state index in [9.17, 15) is 4.79 Å². The molecule has 2 aromatic rings. The van der Waals surface area contributed by atoms with E-state index in [-0.39, 0.29) is 5.75 Å². The first-order chi connectivity index (χ1) is 8.28. The van der Waals surface area contributed by atoms with Crippen LogP contribution in [0, 0.1) is 6.92 Å². The Morgan fingerprint density at radius 3 is 3.07 bits per heavy atom. The van der Waals surface area contributed by atoms with Crippen LogP contribution in [0.15, 0.2) is 24.4 Å². The molecule has 0 atom stereocenters. The zero-order valence-corrected chi connectivity index (χ0v) is 8.02. The number of hydrogen-bond donors (Lipinski definition) is 1. The van der Waals surface area contributed by atoms with Gasteiger partial charge in [-0.05, 0) is 30.7 Å². The quantitative estimate of drug-likeness (QED) is 0.783. The van der Waals surface area contributed by atoms with Crippen LogP contribution in [0.2, 0.25) is 0 Å². The summed E-state index contributed by atoms with van der Waals surface area (Å²) < 4.78 is 27.0. The number of benzene rings is 1. The number of methoxy groups -OCH3 is 1. The smallest absolute Gasteiger partial charge is 0.416 e. The maximum Gasteiger partial charge on any atom is 0.416 e. The Morgan fingerprint density at radius 2 is 2.40 bits per heavy atom. The molecule has 0 saturated heterocycles. The minimum atomic E-state index is -2.52. The van der Waals surface area contributed by atoms with E-state index >= 15 is 0 Å². The van der Waals surface area contributed by atoms with Crippen LogP contribution in [0.25, 0.3) is 10.9 Å². The van der Waals surface area contributed by atoms with Crippen molar-refractivity contribution in [3.8, 4) is 5.75 Å². The molecule has 15 heavy (non-hydrogen) atoms. The molecule has 4 nitrogen and oxygen atoms in total. The fraction of sp³-hybridized carbons (Fsp3) is 0.182. The van der Waals surface area contributed by atoms with Gasteiger partial charge in [-0.15, -0.1) is 0 Å². The molecule has 0 aliphatic rings. The van der Waals surface area contributed by atoms with Crippen molar-refractivity contribution in [1.29, 1.82) is 0 Å². The fourth-order valence-electron chi connectivity index (χ4n) is 1.68. The normalized spacial score (nSPS) is 14.3. The molecule has 2 rings (SSSR count). The van der Waals surface area contributed by atoms with Crippen LogP contribution in [0.5, 0.6) is 5.75 Å².